The molecule has 11 heavy (non-hydrogen) atoms. The van der Waals surface area contributed by atoms with Crippen LogP contribution >= 0.6 is 0 Å². The van der Waals surface area contributed by atoms with Crippen molar-refractivity contribution in [2.45, 2.75) is 6.61 Å². The molecule has 0 radical (unpaired) electrons. The summed E-state index contributed by atoms with van der Waals surface area (Å²) in [6.07, 6.45) is 4.63. The fraction of sp³-hybridized carbons (Fsp3) is 0.111. The van der Waals surface area contributed by atoms with E-state index in [9.17, 15) is 0 Å². The van der Waals surface area contributed by atoms with Crippen molar-refractivity contribution in [2.24, 2.45) is 0 Å². The van der Waals surface area contributed by atoms with Crippen LogP contribution < -0.4 is 0 Å². The van der Waals surface area contributed by atoms with Gasteiger partial charge in [-0.1, -0.05) is 6.07 Å². The Bertz CT molecular complexity index is 268. The summed E-state index contributed by atoms with van der Waals surface area (Å²) < 4.78 is 5.06. The largest absolute Gasteiger partial charge is 0.522 e. The van der Waals surface area contributed by atoms with Crippen molar-refractivity contribution < 1.29 is 21.2 Å². The number of hydrogen-bond donors (Lipinski definition) is 0. The molecule has 0 aliphatic carbocycles. The minimum absolute atomic E-state index is 0. The van der Waals surface area contributed by atoms with Gasteiger partial charge in [-0.05, 0) is 0 Å². The van der Waals surface area contributed by atoms with Crippen LogP contribution in [0.4, 0.5) is 0 Å². The second kappa shape index (κ2) is 3.59. The van der Waals surface area contributed by atoms with Gasteiger partial charge in [0.05, 0.1) is 6.61 Å². The molecule has 0 saturated heterocycles. The minimum Gasteiger partial charge on any atom is -0.522 e. The quantitative estimate of drug-likeness (QED) is 0.448. The molecule has 2 heteroatoms. The molecule has 0 fully saturated rings. The number of benzene rings is 1. The molecule has 0 unspecified atom stereocenters. The molecule has 1 nitrogen and oxygen atoms in total. The molecule has 1 aliphatic rings. The first-order valence-corrected chi connectivity index (χ1v) is 3.24. The van der Waals surface area contributed by atoms with Gasteiger partial charge < -0.3 is 4.74 Å². The molecule has 1 aromatic carbocycles. The van der Waals surface area contributed by atoms with Crippen molar-refractivity contribution >= 4 is 0 Å². The average Bonchev–Trinajstić information content (AvgIpc) is 2.05. The Kier molecular flexibility index (Phi) is 2.72. The van der Waals surface area contributed by atoms with E-state index in [1.54, 1.807) is 6.26 Å². The first kappa shape index (κ1) is 8.35. The predicted molar refractivity (Wildman–Crippen MR) is 38.1 cm³/mol. The van der Waals surface area contributed by atoms with Gasteiger partial charge in [0, 0.05) is 22.8 Å². The van der Waals surface area contributed by atoms with E-state index in [0.717, 1.165) is 5.56 Å². The molecule has 60 valence electrons. The van der Waals surface area contributed by atoms with E-state index < -0.39 is 0 Å². The van der Waals surface area contributed by atoms with Gasteiger partial charge in [0.15, 0.2) is 0 Å². The maximum atomic E-state index is 5.06. The Morgan fingerprint density at radius 2 is 2.09 bits per heavy atom. The van der Waals surface area contributed by atoms with Crippen LogP contribution in [-0.2, 0) is 27.8 Å². The van der Waals surface area contributed by atoms with Crippen molar-refractivity contribution in [3.8, 4) is 0 Å². The molecule has 1 aromatic rings. The van der Waals surface area contributed by atoms with E-state index in [1.165, 1.54) is 5.56 Å². The predicted octanol–water partition coefficient (Wildman–Crippen LogP) is 1.88. The SMILES string of the molecule is [C-]1=COCc2ccccc21.[Ni]. The van der Waals surface area contributed by atoms with E-state index in [0.29, 0.717) is 6.61 Å². The smallest absolute Gasteiger partial charge is 0.0678 e. The van der Waals surface area contributed by atoms with Crippen molar-refractivity contribution in [1.82, 2.24) is 0 Å². The Hall–Kier alpha value is -0.746. The van der Waals surface area contributed by atoms with Crippen LogP contribution in [-0.4, -0.2) is 0 Å². The third-order valence-electron chi connectivity index (χ3n) is 1.55. The van der Waals surface area contributed by atoms with Gasteiger partial charge in [0.2, 0.25) is 0 Å². The zero-order chi connectivity index (χ0) is 6.81. The Morgan fingerprint density at radius 3 is 2.91 bits per heavy atom. The minimum atomic E-state index is 0. The molecule has 0 bridgehead atoms. The summed E-state index contributed by atoms with van der Waals surface area (Å²) in [5.74, 6) is 0. The third kappa shape index (κ3) is 1.64. The number of hydrogen-bond acceptors (Lipinski definition) is 1. The molecule has 0 atom stereocenters. The maximum absolute atomic E-state index is 5.06. The van der Waals surface area contributed by atoms with Gasteiger partial charge in [-0.25, -0.2) is 0 Å². The van der Waals surface area contributed by atoms with Gasteiger partial charge in [-0.15, -0.1) is 23.8 Å². The van der Waals surface area contributed by atoms with Crippen LogP contribution in [0.25, 0.3) is 0 Å². The fourth-order valence-electron chi connectivity index (χ4n) is 1.02. The summed E-state index contributed by atoms with van der Waals surface area (Å²) in [5.41, 5.74) is 2.36. The van der Waals surface area contributed by atoms with Crippen LogP contribution in [0, 0.1) is 6.08 Å². The molecule has 0 amide bonds. The van der Waals surface area contributed by atoms with Crippen LogP contribution in [0.5, 0.6) is 0 Å². The van der Waals surface area contributed by atoms with E-state index in [-0.39, 0.29) is 16.5 Å². The zero-order valence-electron chi connectivity index (χ0n) is 5.82. The van der Waals surface area contributed by atoms with Crippen molar-refractivity contribution in [2.75, 3.05) is 0 Å². The Balaban J connectivity index is 0.000000605. The van der Waals surface area contributed by atoms with Gasteiger partial charge in [0.1, 0.15) is 0 Å². The Morgan fingerprint density at radius 1 is 1.27 bits per heavy atom. The van der Waals surface area contributed by atoms with E-state index in [4.69, 9.17) is 4.74 Å². The molecular weight excluding hydrogens is 183 g/mol. The summed E-state index contributed by atoms with van der Waals surface area (Å²) in [6.45, 7) is 0.684. The summed E-state index contributed by atoms with van der Waals surface area (Å²) in [6, 6.07) is 8.10. The molecule has 0 saturated carbocycles. The molecular formula is C9H7NiO-. The first-order chi connectivity index (χ1) is 4.97. The standard InChI is InChI=1S/C9H7O.Ni/c1-2-4-9-7-10-6-5-8(9)3-1;/h1-4,6H,7H2;/q-1;. The molecule has 0 N–H and O–H groups in total. The van der Waals surface area contributed by atoms with Crippen LogP contribution in [0.15, 0.2) is 30.5 Å². The van der Waals surface area contributed by atoms with Crippen molar-refractivity contribution in [1.29, 1.82) is 0 Å². The van der Waals surface area contributed by atoms with E-state index >= 15 is 0 Å². The third-order valence-corrected chi connectivity index (χ3v) is 1.55. The van der Waals surface area contributed by atoms with Gasteiger partial charge in [-0.3, -0.25) is 0 Å². The molecule has 0 spiro atoms. The first-order valence-electron chi connectivity index (χ1n) is 3.24. The van der Waals surface area contributed by atoms with Crippen LogP contribution in [0.1, 0.15) is 11.1 Å². The number of fused-ring (bicyclic) bond motifs is 1. The number of ether oxygens (including phenoxy) is 1. The molecule has 1 aliphatic heterocycles. The second-order valence-corrected chi connectivity index (χ2v) is 2.23. The van der Waals surface area contributed by atoms with Crippen LogP contribution in [0.3, 0.4) is 0 Å². The zero-order valence-corrected chi connectivity index (χ0v) is 6.81. The number of rotatable bonds is 0. The van der Waals surface area contributed by atoms with Crippen molar-refractivity contribution in [3.05, 3.63) is 47.7 Å². The summed E-state index contributed by atoms with van der Waals surface area (Å²) in [4.78, 5) is 0. The fourth-order valence-corrected chi connectivity index (χ4v) is 1.02. The van der Waals surface area contributed by atoms with E-state index in [1.807, 2.05) is 18.2 Å². The van der Waals surface area contributed by atoms with Gasteiger partial charge in [-0.2, -0.15) is 11.6 Å². The van der Waals surface area contributed by atoms with Crippen molar-refractivity contribution in [3.63, 3.8) is 0 Å². The maximum Gasteiger partial charge on any atom is 0.0678 e. The molecule has 0 aromatic heterocycles. The van der Waals surface area contributed by atoms with Gasteiger partial charge >= 0.3 is 0 Å². The summed E-state index contributed by atoms with van der Waals surface area (Å²) in [5, 5.41) is 0. The summed E-state index contributed by atoms with van der Waals surface area (Å²) in [7, 11) is 0. The Labute approximate surface area is 76.0 Å². The average molecular weight is 190 g/mol. The molecule has 2 rings (SSSR count). The topological polar surface area (TPSA) is 9.23 Å². The van der Waals surface area contributed by atoms with Crippen LogP contribution in [0.2, 0.25) is 0 Å². The van der Waals surface area contributed by atoms with Gasteiger partial charge in [0.25, 0.3) is 0 Å². The monoisotopic (exact) mass is 189 g/mol. The summed E-state index contributed by atoms with van der Waals surface area (Å²) >= 11 is 0. The van der Waals surface area contributed by atoms with E-state index in [2.05, 4.69) is 12.1 Å². The second-order valence-electron chi connectivity index (χ2n) is 2.23. The normalized spacial score (nSPS) is 12.7. The molecule has 1 heterocycles.